The Hall–Kier alpha value is -0.240. The number of rotatable bonds is 6. The van der Waals surface area contributed by atoms with Crippen molar-refractivity contribution in [2.75, 3.05) is 42.3 Å². The lowest BCUT2D eigenvalue weighted by atomic mass is 9.69. The molecule has 0 aromatic carbocycles. The summed E-state index contributed by atoms with van der Waals surface area (Å²) in [5.41, 5.74) is -0.291. The predicted octanol–water partition coefficient (Wildman–Crippen LogP) is -1.18. The molecule has 0 radical (unpaired) electrons. The minimum absolute atomic E-state index is 0.0870. The molecule has 2 aliphatic carbocycles. The maximum Gasteiger partial charge on any atom is 0.0803 e. The highest BCUT2D eigenvalue weighted by Gasteiger charge is 2.69. The minimum Gasteiger partial charge on any atom is -0.302 e. The second kappa shape index (κ2) is 5.51. The van der Waals surface area contributed by atoms with Crippen LogP contribution in [0, 0.1) is 11.8 Å². The van der Waals surface area contributed by atoms with Gasteiger partial charge < -0.3 is 31.9 Å². The minimum atomic E-state index is -0.106. The third-order valence-electron chi connectivity index (χ3n) is 6.15. The van der Waals surface area contributed by atoms with Gasteiger partial charge in [0.2, 0.25) is 0 Å². The molecular weight excluding hydrogens is 252 g/mol. The Morgan fingerprint density at radius 1 is 0.700 bits per heavy atom. The molecule has 2 rings (SSSR count). The van der Waals surface area contributed by atoms with Crippen LogP contribution >= 0.6 is 0 Å². The average Bonchev–Trinajstić information content (AvgIpc) is 2.71. The molecule has 0 saturated heterocycles. The SMILES string of the molecule is CNC1(NC)CCC2CC(NC)(NC)C1C2(NC)NC. The molecule has 0 heterocycles. The van der Waals surface area contributed by atoms with Gasteiger partial charge in [-0.1, -0.05) is 0 Å². The fraction of sp³-hybridized carbons (Fsp3) is 1.00. The molecule has 2 fully saturated rings. The van der Waals surface area contributed by atoms with E-state index in [0.29, 0.717) is 11.8 Å². The van der Waals surface area contributed by atoms with Crippen LogP contribution < -0.4 is 31.9 Å². The summed E-state index contributed by atoms with van der Waals surface area (Å²) in [6.45, 7) is 0. The van der Waals surface area contributed by atoms with Crippen molar-refractivity contribution in [1.29, 1.82) is 0 Å². The Kier molecular flexibility index (Phi) is 4.45. The highest BCUT2D eigenvalue weighted by molar-refractivity contribution is 5.23. The highest BCUT2D eigenvalue weighted by Crippen LogP contribution is 2.55. The summed E-state index contributed by atoms with van der Waals surface area (Å²) in [5.74, 6) is 0.915. The van der Waals surface area contributed by atoms with Gasteiger partial charge >= 0.3 is 0 Å². The second-order valence-electron chi connectivity index (χ2n) is 6.18. The summed E-state index contributed by atoms with van der Waals surface area (Å²) in [5, 5.41) is 21.5. The Morgan fingerprint density at radius 2 is 1.20 bits per heavy atom. The topological polar surface area (TPSA) is 72.2 Å². The van der Waals surface area contributed by atoms with E-state index in [4.69, 9.17) is 0 Å². The van der Waals surface area contributed by atoms with E-state index in [1.165, 1.54) is 6.42 Å². The van der Waals surface area contributed by atoms with E-state index in [1.54, 1.807) is 0 Å². The number of hydrogen-bond acceptors (Lipinski definition) is 6. The van der Waals surface area contributed by atoms with Gasteiger partial charge in [0.25, 0.3) is 0 Å². The highest BCUT2D eigenvalue weighted by atomic mass is 15.3. The zero-order chi connectivity index (χ0) is 15.0. The molecule has 2 atom stereocenters. The van der Waals surface area contributed by atoms with Crippen molar-refractivity contribution in [3.05, 3.63) is 0 Å². The van der Waals surface area contributed by atoms with Gasteiger partial charge in [0, 0.05) is 0 Å². The Morgan fingerprint density at radius 3 is 1.60 bits per heavy atom. The normalized spacial score (nSPS) is 33.3. The number of hydrogen-bond donors (Lipinski definition) is 6. The molecule has 0 aromatic rings. The first-order valence-corrected chi connectivity index (χ1v) is 7.68. The van der Waals surface area contributed by atoms with Crippen LogP contribution in [-0.4, -0.2) is 59.3 Å². The molecule has 0 spiro atoms. The van der Waals surface area contributed by atoms with Crippen LogP contribution in [0.15, 0.2) is 0 Å². The van der Waals surface area contributed by atoms with Crippen LogP contribution in [0.1, 0.15) is 19.3 Å². The molecule has 0 amide bonds. The van der Waals surface area contributed by atoms with E-state index in [2.05, 4.69) is 74.2 Å². The van der Waals surface area contributed by atoms with E-state index in [0.717, 1.165) is 12.8 Å². The molecule has 20 heavy (non-hydrogen) atoms. The lowest BCUT2D eigenvalue weighted by molar-refractivity contribution is -0.0223. The van der Waals surface area contributed by atoms with Gasteiger partial charge in [-0.3, -0.25) is 0 Å². The summed E-state index contributed by atoms with van der Waals surface area (Å²) in [4.78, 5) is 0. The molecule has 6 N–H and O–H groups in total. The monoisotopic (exact) mass is 284 g/mol. The summed E-state index contributed by atoms with van der Waals surface area (Å²) < 4.78 is 0. The maximum absolute atomic E-state index is 3.60. The Bertz CT molecular complexity index is 321. The van der Waals surface area contributed by atoms with Gasteiger partial charge in [0.1, 0.15) is 0 Å². The summed E-state index contributed by atoms with van der Waals surface area (Å²) in [7, 11) is 12.4. The molecule has 0 aromatic heterocycles. The van der Waals surface area contributed by atoms with Crippen LogP contribution in [0.2, 0.25) is 0 Å². The molecule has 6 heteroatoms. The first kappa shape index (κ1) is 16.1. The van der Waals surface area contributed by atoms with E-state index < -0.39 is 0 Å². The summed E-state index contributed by atoms with van der Waals surface area (Å²) in [6, 6.07) is 0. The number of nitrogens with one attached hydrogen (secondary N) is 6. The van der Waals surface area contributed by atoms with Gasteiger partial charge in [-0.2, -0.15) is 0 Å². The Labute approximate surface area is 123 Å². The van der Waals surface area contributed by atoms with Crippen LogP contribution in [0.25, 0.3) is 0 Å². The second-order valence-corrected chi connectivity index (χ2v) is 6.18. The molecule has 118 valence electrons. The van der Waals surface area contributed by atoms with Crippen molar-refractivity contribution < 1.29 is 0 Å². The summed E-state index contributed by atoms with van der Waals surface area (Å²) >= 11 is 0. The molecule has 2 bridgehead atoms. The first-order chi connectivity index (χ1) is 9.54. The molecule has 2 saturated carbocycles. The van der Waals surface area contributed by atoms with Crippen molar-refractivity contribution in [3.63, 3.8) is 0 Å². The third-order valence-corrected chi connectivity index (χ3v) is 6.15. The smallest absolute Gasteiger partial charge is 0.0803 e. The van der Waals surface area contributed by atoms with Crippen molar-refractivity contribution in [3.8, 4) is 0 Å². The van der Waals surface area contributed by atoms with Crippen molar-refractivity contribution in [1.82, 2.24) is 31.9 Å². The summed E-state index contributed by atoms with van der Waals surface area (Å²) in [6.07, 6.45) is 3.42. The van der Waals surface area contributed by atoms with Gasteiger partial charge in [0.15, 0.2) is 0 Å². The predicted molar refractivity (Wildman–Crippen MR) is 83.4 cm³/mol. The lowest BCUT2D eigenvalue weighted by Gasteiger charge is -2.56. The van der Waals surface area contributed by atoms with E-state index >= 15 is 0 Å². The molecule has 2 aliphatic rings. The first-order valence-electron chi connectivity index (χ1n) is 7.68. The largest absolute Gasteiger partial charge is 0.302 e. The van der Waals surface area contributed by atoms with E-state index in [9.17, 15) is 0 Å². The standard InChI is InChI=1S/C14H32N6/c1-15-12(16-2)8-7-10-9-13(17-3,18-4)11(12)14(10,19-5)20-6/h10-11,15-20H,7-9H2,1-6H3. The fourth-order valence-electron chi connectivity index (χ4n) is 5.08. The van der Waals surface area contributed by atoms with Gasteiger partial charge in [-0.05, 0) is 67.5 Å². The van der Waals surface area contributed by atoms with E-state index in [1.807, 2.05) is 0 Å². The average molecular weight is 284 g/mol. The van der Waals surface area contributed by atoms with Gasteiger partial charge in [-0.15, -0.1) is 0 Å². The van der Waals surface area contributed by atoms with Crippen LogP contribution in [-0.2, 0) is 0 Å². The van der Waals surface area contributed by atoms with Gasteiger partial charge in [0.05, 0.1) is 22.9 Å². The fourth-order valence-corrected chi connectivity index (χ4v) is 5.08. The quantitative estimate of drug-likeness (QED) is 0.345. The zero-order valence-electron chi connectivity index (χ0n) is 13.8. The van der Waals surface area contributed by atoms with Crippen LogP contribution in [0.5, 0.6) is 0 Å². The zero-order valence-corrected chi connectivity index (χ0v) is 13.8. The lowest BCUT2D eigenvalue weighted by Crippen LogP contribution is -2.80. The third kappa shape index (κ3) is 1.79. The van der Waals surface area contributed by atoms with Gasteiger partial charge in [-0.25, -0.2) is 0 Å². The van der Waals surface area contributed by atoms with Crippen LogP contribution in [0.3, 0.4) is 0 Å². The molecule has 0 aliphatic heterocycles. The van der Waals surface area contributed by atoms with Crippen molar-refractivity contribution in [2.45, 2.75) is 36.3 Å². The number of fused-ring (bicyclic) bond motifs is 2. The maximum atomic E-state index is 3.60. The van der Waals surface area contributed by atoms with E-state index in [-0.39, 0.29) is 17.0 Å². The molecule has 2 unspecified atom stereocenters. The van der Waals surface area contributed by atoms with Crippen molar-refractivity contribution in [2.24, 2.45) is 11.8 Å². The molecule has 6 nitrogen and oxygen atoms in total. The van der Waals surface area contributed by atoms with Crippen LogP contribution in [0.4, 0.5) is 0 Å². The molecular formula is C14H32N6. The van der Waals surface area contributed by atoms with Crippen molar-refractivity contribution >= 4 is 0 Å². The Balaban J connectivity index is 2.58.